The number of phenolic OH excluding ortho intramolecular Hbond substituents is 1. The minimum Gasteiger partial charge on any atom is -0.504 e. The Kier molecular flexibility index (Phi) is 2.69. The van der Waals surface area contributed by atoms with E-state index >= 15 is 0 Å². The lowest BCUT2D eigenvalue weighted by molar-refractivity contribution is -0.132. The van der Waals surface area contributed by atoms with Crippen LogP contribution in [0, 0.1) is 0 Å². The lowest BCUT2D eigenvalue weighted by Crippen LogP contribution is -2.01. The predicted octanol–water partition coefficient (Wildman–Crippen LogP) is 1.96. The first-order valence-electron chi connectivity index (χ1n) is 3.77. The summed E-state index contributed by atoms with van der Waals surface area (Å²) in [6, 6.07) is 4.70. The molecule has 0 saturated heterocycles. The number of carbonyl (C=O) groups is 1. The second kappa shape index (κ2) is 3.76. The van der Waals surface area contributed by atoms with Gasteiger partial charge in [-0.05, 0) is 17.7 Å². The molecule has 0 aliphatic rings. The van der Waals surface area contributed by atoms with Crippen molar-refractivity contribution in [3.05, 3.63) is 30.3 Å². The van der Waals surface area contributed by atoms with Gasteiger partial charge in [-0.25, -0.2) is 0 Å². The Balaban J connectivity index is 2.98. The predicted molar refractivity (Wildman–Crippen MR) is 49.5 cm³/mol. The van der Waals surface area contributed by atoms with Crippen LogP contribution in [0.5, 0.6) is 11.5 Å². The average Bonchev–Trinajstić information content (AvgIpc) is 2.08. The average molecular weight is 178 g/mol. The highest BCUT2D eigenvalue weighted by atomic mass is 16.5. The fourth-order valence-corrected chi connectivity index (χ4v) is 0.903. The topological polar surface area (TPSA) is 46.5 Å². The number of carbonyl (C=O) groups excluding carboxylic acids is 1. The summed E-state index contributed by atoms with van der Waals surface area (Å²) in [6.07, 6.45) is 1.59. The molecule has 0 atom stereocenters. The zero-order valence-corrected chi connectivity index (χ0v) is 7.28. The standard InChI is InChI=1S/C10H10O3/c1-3-8-4-5-10(9(12)6-8)13-7(2)11/h3-6,12H,1H2,2H3. The lowest BCUT2D eigenvalue weighted by atomic mass is 10.2. The van der Waals surface area contributed by atoms with Crippen molar-refractivity contribution in [1.29, 1.82) is 0 Å². The van der Waals surface area contributed by atoms with Gasteiger partial charge >= 0.3 is 5.97 Å². The zero-order valence-electron chi connectivity index (χ0n) is 7.28. The molecule has 0 aliphatic heterocycles. The minimum absolute atomic E-state index is 0.0624. The first kappa shape index (κ1) is 9.32. The number of benzene rings is 1. The largest absolute Gasteiger partial charge is 0.504 e. The quantitative estimate of drug-likeness (QED) is 0.556. The van der Waals surface area contributed by atoms with Crippen LogP contribution in [0.15, 0.2) is 24.8 Å². The summed E-state index contributed by atoms with van der Waals surface area (Å²) in [5, 5.41) is 9.35. The Morgan fingerprint density at radius 3 is 2.77 bits per heavy atom. The van der Waals surface area contributed by atoms with E-state index in [1.807, 2.05) is 0 Å². The highest BCUT2D eigenvalue weighted by Gasteiger charge is 2.04. The molecule has 0 spiro atoms. The number of esters is 1. The maximum Gasteiger partial charge on any atom is 0.308 e. The van der Waals surface area contributed by atoms with Crippen LogP contribution >= 0.6 is 0 Å². The fraction of sp³-hybridized carbons (Fsp3) is 0.100. The van der Waals surface area contributed by atoms with Gasteiger partial charge in [0.15, 0.2) is 11.5 Å². The van der Waals surface area contributed by atoms with Crippen LogP contribution in [-0.2, 0) is 4.79 Å². The minimum atomic E-state index is -0.457. The molecule has 3 heteroatoms. The van der Waals surface area contributed by atoms with Gasteiger partial charge in [-0.1, -0.05) is 18.7 Å². The lowest BCUT2D eigenvalue weighted by Gasteiger charge is -2.03. The Hall–Kier alpha value is -1.77. The first-order valence-corrected chi connectivity index (χ1v) is 3.77. The van der Waals surface area contributed by atoms with E-state index < -0.39 is 5.97 Å². The van der Waals surface area contributed by atoms with Gasteiger partial charge in [-0.3, -0.25) is 4.79 Å². The molecule has 0 aliphatic carbocycles. The molecule has 0 radical (unpaired) electrons. The van der Waals surface area contributed by atoms with E-state index in [0.717, 1.165) is 5.56 Å². The Morgan fingerprint density at radius 1 is 1.62 bits per heavy atom. The van der Waals surface area contributed by atoms with Crippen molar-refractivity contribution in [2.75, 3.05) is 0 Å². The summed E-state index contributed by atoms with van der Waals surface area (Å²) in [6.45, 7) is 4.82. The number of rotatable bonds is 2. The Bertz CT molecular complexity index is 342. The number of hydrogen-bond donors (Lipinski definition) is 1. The van der Waals surface area contributed by atoms with Crippen LogP contribution in [0.1, 0.15) is 12.5 Å². The van der Waals surface area contributed by atoms with Crippen molar-refractivity contribution in [1.82, 2.24) is 0 Å². The maximum atomic E-state index is 10.6. The number of phenols is 1. The fourth-order valence-electron chi connectivity index (χ4n) is 0.903. The SMILES string of the molecule is C=Cc1ccc(OC(C)=O)c(O)c1. The van der Waals surface area contributed by atoms with Crippen LogP contribution in [-0.4, -0.2) is 11.1 Å². The monoisotopic (exact) mass is 178 g/mol. The molecule has 0 aromatic heterocycles. The maximum absolute atomic E-state index is 10.6. The van der Waals surface area contributed by atoms with Gasteiger partial charge in [0.25, 0.3) is 0 Å². The highest BCUT2D eigenvalue weighted by molar-refractivity contribution is 5.70. The summed E-state index contributed by atoms with van der Waals surface area (Å²) in [5.41, 5.74) is 0.772. The van der Waals surface area contributed by atoms with E-state index in [1.54, 1.807) is 12.1 Å². The molecule has 13 heavy (non-hydrogen) atoms. The van der Waals surface area contributed by atoms with Gasteiger partial charge in [0.2, 0.25) is 0 Å². The molecule has 0 heterocycles. The number of aromatic hydroxyl groups is 1. The molecule has 1 N–H and O–H groups in total. The van der Waals surface area contributed by atoms with E-state index in [9.17, 15) is 9.90 Å². The molecule has 1 aromatic rings. The summed E-state index contributed by atoms with van der Waals surface area (Å²) in [5.74, 6) is -0.354. The summed E-state index contributed by atoms with van der Waals surface area (Å²) < 4.78 is 4.72. The summed E-state index contributed by atoms with van der Waals surface area (Å²) >= 11 is 0. The van der Waals surface area contributed by atoms with Crippen molar-refractivity contribution < 1.29 is 14.6 Å². The number of ether oxygens (including phenoxy) is 1. The highest BCUT2D eigenvalue weighted by Crippen LogP contribution is 2.27. The van der Waals surface area contributed by atoms with Crippen molar-refractivity contribution in [2.45, 2.75) is 6.92 Å². The van der Waals surface area contributed by atoms with E-state index in [2.05, 4.69) is 6.58 Å². The van der Waals surface area contributed by atoms with Gasteiger partial charge in [-0.15, -0.1) is 0 Å². The van der Waals surface area contributed by atoms with Crippen LogP contribution in [0.3, 0.4) is 0 Å². The van der Waals surface area contributed by atoms with E-state index in [1.165, 1.54) is 19.1 Å². The van der Waals surface area contributed by atoms with Gasteiger partial charge in [0.05, 0.1) is 0 Å². The van der Waals surface area contributed by atoms with Gasteiger partial charge < -0.3 is 9.84 Å². The normalized spacial score (nSPS) is 9.31. The summed E-state index contributed by atoms with van der Waals surface area (Å²) in [7, 11) is 0. The Labute approximate surface area is 76.3 Å². The molecule has 0 amide bonds. The molecule has 0 fully saturated rings. The Morgan fingerprint density at radius 2 is 2.31 bits per heavy atom. The zero-order chi connectivity index (χ0) is 9.84. The van der Waals surface area contributed by atoms with Crippen LogP contribution in [0.25, 0.3) is 6.08 Å². The third-order valence-electron chi connectivity index (χ3n) is 1.47. The van der Waals surface area contributed by atoms with Crippen LogP contribution < -0.4 is 4.74 Å². The molecule has 68 valence electrons. The van der Waals surface area contributed by atoms with E-state index in [-0.39, 0.29) is 11.5 Å². The molecular formula is C10H10O3. The third-order valence-corrected chi connectivity index (χ3v) is 1.47. The molecule has 3 nitrogen and oxygen atoms in total. The molecule has 0 bridgehead atoms. The van der Waals surface area contributed by atoms with E-state index in [4.69, 9.17) is 4.74 Å². The van der Waals surface area contributed by atoms with Crippen molar-refractivity contribution in [3.8, 4) is 11.5 Å². The molecule has 1 rings (SSSR count). The third kappa shape index (κ3) is 2.33. The van der Waals surface area contributed by atoms with Crippen LogP contribution in [0.2, 0.25) is 0 Å². The van der Waals surface area contributed by atoms with Crippen LogP contribution in [0.4, 0.5) is 0 Å². The second-order valence-corrected chi connectivity index (χ2v) is 2.52. The second-order valence-electron chi connectivity index (χ2n) is 2.52. The van der Waals surface area contributed by atoms with Gasteiger partial charge in [-0.2, -0.15) is 0 Å². The van der Waals surface area contributed by atoms with Gasteiger partial charge in [0, 0.05) is 6.92 Å². The molecular weight excluding hydrogens is 168 g/mol. The number of hydrogen-bond acceptors (Lipinski definition) is 3. The smallest absolute Gasteiger partial charge is 0.308 e. The van der Waals surface area contributed by atoms with E-state index in [0.29, 0.717) is 0 Å². The van der Waals surface area contributed by atoms with Crippen molar-refractivity contribution >= 4 is 12.0 Å². The van der Waals surface area contributed by atoms with Crippen molar-refractivity contribution in [2.24, 2.45) is 0 Å². The molecule has 0 unspecified atom stereocenters. The summed E-state index contributed by atoms with van der Waals surface area (Å²) in [4.78, 5) is 10.6. The first-order chi connectivity index (χ1) is 6.13. The van der Waals surface area contributed by atoms with Crippen molar-refractivity contribution in [3.63, 3.8) is 0 Å². The molecule has 1 aromatic carbocycles. The van der Waals surface area contributed by atoms with Gasteiger partial charge in [0.1, 0.15) is 0 Å². The molecule has 0 saturated carbocycles.